The highest BCUT2D eigenvalue weighted by atomic mass is 79.9. The fourth-order valence-corrected chi connectivity index (χ4v) is 4.32. The van der Waals surface area contributed by atoms with E-state index >= 15 is 0 Å². The van der Waals surface area contributed by atoms with Crippen molar-refractivity contribution in [2.75, 3.05) is 11.9 Å². The molecule has 0 rings (SSSR count). The van der Waals surface area contributed by atoms with E-state index in [0.29, 0.717) is 0 Å². The Morgan fingerprint density at radius 1 is 1.08 bits per heavy atom. The maximum absolute atomic E-state index is 6.03. The molecule has 0 heterocycles. The van der Waals surface area contributed by atoms with Crippen molar-refractivity contribution in [1.82, 2.24) is 0 Å². The molecule has 0 aliphatic carbocycles. The molecule has 0 N–H and O–H groups in total. The van der Waals surface area contributed by atoms with Crippen LogP contribution in [0.15, 0.2) is 0 Å². The Morgan fingerprint density at radius 3 is 1.92 bits per heavy atom. The molecular formula is C9H21BrOSi. The molecule has 0 atom stereocenters. The second-order valence-corrected chi connectivity index (χ2v) is 8.70. The lowest BCUT2D eigenvalue weighted by Crippen LogP contribution is -2.36. The summed E-state index contributed by atoms with van der Waals surface area (Å²) in [5.41, 5.74) is 0. The molecule has 0 radical (unpaired) electrons. The SMILES string of the molecule is CC[Si](CC)(CC)OCCCBr. The number of rotatable bonds is 7. The summed E-state index contributed by atoms with van der Waals surface area (Å²) in [6.45, 7) is 7.76. The van der Waals surface area contributed by atoms with Gasteiger partial charge in [-0.15, -0.1) is 0 Å². The van der Waals surface area contributed by atoms with Gasteiger partial charge in [0.05, 0.1) is 0 Å². The molecule has 0 bridgehead atoms. The molecule has 0 amide bonds. The smallest absolute Gasteiger partial charge is 0.191 e. The first-order valence-electron chi connectivity index (χ1n) is 4.94. The molecule has 0 saturated heterocycles. The van der Waals surface area contributed by atoms with Crippen molar-refractivity contribution in [3.05, 3.63) is 0 Å². The summed E-state index contributed by atoms with van der Waals surface area (Å²) >= 11 is 3.42. The van der Waals surface area contributed by atoms with Crippen LogP contribution in [-0.2, 0) is 4.43 Å². The van der Waals surface area contributed by atoms with Gasteiger partial charge in [-0.1, -0.05) is 36.7 Å². The second-order valence-electron chi connectivity index (χ2n) is 3.13. The monoisotopic (exact) mass is 252 g/mol. The molecule has 0 aromatic heterocycles. The second kappa shape index (κ2) is 7.10. The van der Waals surface area contributed by atoms with Crippen LogP contribution in [0.4, 0.5) is 0 Å². The maximum atomic E-state index is 6.03. The van der Waals surface area contributed by atoms with Gasteiger partial charge in [-0.2, -0.15) is 0 Å². The summed E-state index contributed by atoms with van der Waals surface area (Å²) in [5.74, 6) is 0. The zero-order chi connectivity index (χ0) is 9.45. The minimum absolute atomic E-state index is 0.951. The van der Waals surface area contributed by atoms with Crippen LogP contribution < -0.4 is 0 Å². The maximum Gasteiger partial charge on any atom is 0.191 e. The summed E-state index contributed by atoms with van der Waals surface area (Å²) in [4.78, 5) is 0. The first kappa shape index (κ1) is 12.7. The molecule has 0 aliphatic heterocycles. The first-order valence-corrected chi connectivity index (χ1v) is 8.59. The molecular weight excluding hydrogens is 232 g/mol. The van der Waals surface area contributed by atoms with Crippen molar-refractivity contribution in [3.63, 3.8) is 0 Å². The Kier molecular flexibility index (Phi) is 7.49. The summed E-state index contributed by atoms with van der Waals surface area (Å²) in [7, 11) is -1.28. The Hall–Kier alpha value is 0.657. The van der Waals surface area contributed by atoms with Gasteiger partial charge >= 0.3 is 0 Å². The van der Waals surface area contributed by atoms with Crippen molar-refractivity contribution >= 4 is 24.2 Å². The summed E-state index contributed by atoms with van der Waals surface area (Å²) < 4.78 is 6.03. The van der Waals surface area contributed by atoms with Crippen molar-refractivity contribution in [1.29, 1.82) is 0 Å². The van der Waals surface area contributed by atoms with Gasteiger partial charge in [0.15, 0.2) is 8.32 Å². The Bertz CT molecular complexity index is 96.4. The number of hydrogen-bond donors (Lipinski definition) is 0. The van der Waals surface area contributed by atoms with Crippen LogP contribution in [0.5, 0.6) is 0 Å². The summed E-state index contributed by atoms with van der Waals surface area (Å²) in [6, 6.07) is 3.80. The van der Waals surface area contributed by atoms with E-state index < -0.39 is 8.32 Å². The molecule has 12 heavy (non-hydrogen) atoms. The first-order chi connectivity index (χ1) is 5.74. The van der Waals surface area contributed by atoms with Crippen LogP contribution in [0.25, 0.3) is 0 Å². The van der Waals surface area contributed by atoms with Gasteiger partial charge in [-0.3, -0.25) is 0 Å². The molecule has 0 spiro atoms. The third kappa shape index (κ3) is 4.05. The highest BCUT2D eigenvalue weighted by Gasteiger charge is 2.27. The number of hydrogen-bond acceptors (Lipinski definition) is 1. The molecule has 0 unspecified atom stereocenters. The van der Waals surface area contributed by atoms with E-state index in [1.165, 1.54) is 18.1 Å². The van der Waals surface area contributed by atoms with Crippen LogP contribution in [0.3, 0.4) is 0 Å². The predicted octanol–water partition coefficient (Wildman–Crippen LogP) is 3.79. The van der Waals surface area contributed by atoms with Crippen LogP contribution in [0, 0.1) is 0 Å². The van der Waals surface area contributed by atoms with E-state index in [4.69, 9.17) is 4.43 Å². The Balaban J connectivity index is 3.76. The normalized spacial score (nSPS) is 12.0. The van der Waals surface area contributed by atoms with Crippen LogP contribution in [-0.4, -0.2) is 20.3 Å². The fraction of sp³-hybridized carbons (Fsp3) is 1.00. The molecule has 74 valence electrons. The van der Waals surface area contributed by atoms with E-state index in [1.807, 2.05) is 0 Å². The lowest BCUT2D eigenvalue weighted by Gasteiger charge is -2.27. The van der Waals surface area contributed by atoms with Crippen LogP contribution >= 0.6 is 15.9 Å². The van der Waals surface area contributed by atoms with E-state index in [0.717, 1.165) is 18.4 Å². The van der Waals surface area contributed by atoms with Gasteiger partial charge < -0.3 is 4.43 Å². The van der Waals surface area contributed by atoms with Gasteiger partial charge in [0.1, 0.15) is 0 Å². The van der Waals surface area contributed by atoms with Gasteiger partial charge in [-0.25, -0.2) is 0 Å². The molecule has 1 nitrogen and oxygen atoms in total. The van der Waals surface area contributed by atoms with Gasteiger partial charge in [0.25, 0.3) is 0 Å². The summed E-state index contributed by atoms with van der Waals surface area (Å²) in [6.07, 6.45) is 1.15. The summed E-state index contributed by atoms with van der Waals surface area (Å²) in [5, 5.41) is 1.06. The van der Waals surface area contributed by atoms with Gasteiger partial charge in [0.2, 0.25) is 0 Å². The minimum Gasteiger partial charge on any atom is -0.417 e. The van der Waals surface area contributed by atoms with Crippen molar-refractivity contribution in [2.24, 2.45) is 0 Å². The highest BCUT2D eigenvalue weighted by Crippen LogP contribution is 2.21. The third-order valence-corrected chi connectivity index (χ3v) is 7.86. The largest absolute Gasteiger partial charge is 0.417 e. The lowest BCUT2D eigenvalue weighted by molar-refractivity contribution is 0.301. The average molecular weight is 253 g/mol. The highest BCUT2D eigenvalue weighted by molar-refractivity contribution is 9.09. The topological polar surface area (TPSA) is 9.23 Å². The number of halogens is 1. The average Bonchev–Trinajstić information content (AvgIpc) is 2.14. The molecule has 0 aromatic rings. The van der Waals surface area contributed by atoms with Crippen LogP contribution in [0.2, 0.25) is 18.1 Å². The Morgan fingerprint density at radius 2 is 1.58 bits per heavy atom. The number of alkyl halides is 1. The predicted molar refractivity (Wildman–Crippen MR) is 61.6 cm³/mol. The molecule has 0 fully saturated rings. The molecule has 0 saturated carbocycles. The zero-order valence-corrected chi connectivity index (χ0v) is 11.1. The van der Waals surface area contributed by atoms with E-state index in [-0.39, 0.29) is 0 Å². The molecule has 3 heteroatoms. The molecule has 0 aromatic carbocycles. The van der Waals surface area contributed by atoms with E-state index in [2.05, 4.69) is 36.7 Å². The standard InChI is InChI=1S/C9H21BrOSi/c1-4-12(5-2,6-3)11-9-7-8-10/h4-9H2,1-3H3. The minimum atomic E-state index is -1.28. The third-order valence-electron chi connectivity index (χ3n) is 2.62. The van der Waals surface area contributed by atoms with Crippen molar-refractivity contribution < 1.29 is 4.43 Å². The van der Waals surface area contributed by atoms with E-state index in [1.54, 1.807) is 0 Å². The molecule has 0 aliphatic rings. The van der Waals surface area contributed by atoms with Crippen molar-refractivity contribution in [3.8, 4) is 0 Å². The fourth-order valence-electron chi connectivity index (χ4n) is 1.40. The van der Waals surface area contributed by atoms with Crippen molar-refractivity contribution in [2.45, 2.75) is 45.3 Å². The zero-order valence-electron chi connectivity index (χ0n) is 8.53. The van der Waals surface area contributed by atoms with Gasteiger partial charge in [-0.05, 0) is 24.6 Å². The van der Waals surface area contributed by atoms with Gasteiger partial charge in [0, 0.05) is 11.9 Å². The Labute approximate surface area is 86.1 Å². The van der Waals surface area contributed by atoms with Crippen LogP contribution in [0.1, 0.15) is 27.2 Å². The quantitative estimate of drug-likeness (QED) is 0.381. The van der Waals surface area contributed by atoms with E-state index in [9.17, 15) is 0 Å². The lowest BCUT2D eigenvalue weighted by atomic mass is 10.5.